The van der Waals surface area contributed by atoms with Gasteiger partial charge in [-0.25, -0.2) is 28.4 Å². The van der Waals surface area contributed by atoms with E-state index in [9.17, 15) is 8.78 Å². The number of ether oxygens (including phenoxy) is 1. The van der Waals surface area contributed by atoms with Gasteiger partial charge in [0.25, 0.3) is 5.78 Å². The summed E-state index contributed by atoms with van der Waals surface area (Å²) in [4.78, 5) is 35.1. The molecule has 1 saturated heterocycles. The molecule has 622 valence electrons. The monoisotopic (exact) mass is 1620 g/mol. The molecule has 1 fully saturated rings. The second kappa shape index (κ2) is 36.2. The van der Waals surface area contributed by atoms with Crippen LogP contribution in [0.1, 0.15) is 262 Å². The maximum Gasteiger partial charge on any atom is 0.255 e. The highest BCUT2D eigenvalue weighted by atomic mass is 35.5. The van der Waals surface area contributed by atoms with Crippen LogP contribution in [0.25, 0.3) is 38.8 Å². The van der Waals surface area contributed by atoms with Gasteiger partial charge >= 0.3 is 0 Å². The Morgan fingerprint density at radius 3 is 1.99 bits per heavy atom. The van der Waals surface area contributed by atoms with Crippen molar-refractivity contribution in [2.75, 3.05) is 39.9 Å². The van der Waals surface area contributed by atoms with E-state index in [4.69, 9.17) is 21.4 Å². The molecule has 0 bridgehead atoms. The predicted molar refractivity (Wildman–Crippen MR) is 469 cm³/mol. The topological polar surface area (TPSA) is 190 Å². The molecule has 0 N–H and O–H groups in total. The number of hydrogen-bond acceptors (Lipinski definition) is 16. The summed E-state index contributed by atoms with van der Waals surface area (Å²) in [5.74, 6) is 4.62. The lowest BCUT2D eigenvalue weighted by Crippen LogP contribution is -2.36. The van der Waals surface area contributed by atoms with Crippen LogP contribution >= 0.6 is 22.9 Å². The third kappa shape index (κ3) is 22.1. The SMILES string of the molecule is C=C1Cc2c(c(C(C)(C)C)nn2C)CC1C.CC(C)(C)c1ccc(F)c(-c2nnc3n2CCCCC3)c1.CC(C)(C)c1cnc2c(c1)C(N1CCOCC1)=CC2.CC(C)(C)c1nc2c(Cl)nccc2s1.CN1Cc2ncccc2C(C(C)(C)C)C1.Cc1cc(C(C)(C)C)n(-c2ccccc2F)n1.Cc1nc(C(C)(C)C)n2ncnc2n1. The van der Waals surface area contributed by atoms with E-state index in [0.29, 0.717) is 45.3 Å². The zero-order valence-electron chi connectivity index (χ0n) is 74.1. The number of aromatic nitrogens is 16. The van der Waals surface area contributed by atoms with E-state index in [1.807, 2.05) is 61.3 Å². The van der Waals surface area contributed by atoms with E-state index in [-0.39, 0.29) is 44.1 Å². The fraction of sp³-hybridized carbons (Fsp3) is 0.527. The molecule has 0 saturated carbocycles. The zero-order valence-corrected chi connectivity index (χ0v) is 75.6. The minimum absolute atomic E-state index is 0.00983. The molecule has 2 atom stereocenters. The molecule has 16 rings (SSSR count). The van der Waals surface area contributed by atoms with Crippen molar-refractivity contribution >= 4 is 44.6 Å². The number of allylic oxidation sites excluding steroid dienone is 2. The number of benzene rings is 2. The number of morpholine rings is 1. The van der Waals surface area contributed by atoms with E-state index in [0.717, 1.165) is 134 Å². The molecule has 0 amide bonds. The molecule has 9 aromatic heterocycles. The third-order valence-electron chi connectivity index (χ3n) is 21.5. The number of aryl methyl sites for hydroxylation is 4. The van der Waals surface area contributed by atoms with Gasteiger partial charge in [0, 0.05) is 128 Å². The molecule has 12 heterocycles. The van der Waals surface area contributed by atoms with Crippen LogP contribution in [0.3, 0.4) is 0 Å². The average molecular weight is 1620 g/mol. The fourth-order valence-corrected chi connectivity index (χ4v) is 16.0. The first kappa shape index (κ1) is 89.5. The van der Waals surface area contributed by atoms with Gasteiger partial charge in [0.2, 0.25) is 0 Å². The van der Waals surface area contributed by atoms with Gasteiger partial charge in [-0.15, -0.1) is 21.5 Å². The van der Waals surface area contributed by atoms with Crippen LogP contribution in [-0.4, -0.2) is 129 Å². The minimum atomic E-state index is -0.249. The van der Waals surface area contributed by atoms with Crippen molar-refractivity contribution in [3.63, 3.8) is 0 Å². The highest BCUT2D eigenvalue weighted by Crippen LogP contribution is 2.41. The standard InChI is InChI=1S/C17H22FN3.C16H22N2O.C14H17FN2.C14H22N2.C13H20N2.C10H11ClN2S.C9H13N5/c1-17(2,3)12-8-9-14(18)13(11-12)16-20-19-15-7-5-4-6-10-21(15)16;1-16(2,3)12-10-13-14(17-11-12)4-5-15(13)18-6-8-19-9-7-18;1-10-9-13(14(2,3)4)17(16-10)12-8-6-5-7-11(12)15;1-9-7-11-12(8-10(9)2)16(6)15-13(11)14(3,4)5;1-13(2,3)11-8-15(4)9-12-10(11)6-5-7-14-12;1-10(2,3)9-13-7-6(14-9)4-5-12-8(7)11;1-6-12-7(9(2,3)4)14-8(13-6)10-5-11-14/h8-9,11H,4-7,10H2,1-3H3;5,10-11H,4,6-9H2,1-3H3;5-9H,1-4H3;9H,2,7-8H2,1,3-6H3;5-7,11H,8-9H2,1-4H3;4-5H,1-3H3;5H,1-4H3. The van der Waals surface area contributed by atoms with E-state index in [2.05, 4.69) is 267 Å². The number of rotatable bonds is 3. The number of hydrogen-bond donors (Lipinski definition) is 0. The smallest absolute Gasteiger partial charge is 0.255 e. The van der Waals surface area contributed by atoms with Crippen LogP contribution < -0.4 is 0 Å². The summed E-state index contributed by atoms with van der Waals surface area (Å²) in [6, 6.07) is 22.6. The predicted octanol–water partition coefficient (Wildman–Crippen LogP) is 20.8. The van der Waals surface area contributed by atoms with Crippen LogP contribution in [0.5, 0.6) is 0 Å². The van der Waals surface area contributed by atoms with Crippen LogP contribution in [0.4, 0.5) is 8.78 Å². The Balaban J connectivity index is 0.000000144. The van der Waals surface area contributed by atoms with Crippen molar-refractivity contribution in [1.29, 1.82) is 0 Å². The van der Waals surface area contributed by atoms with Crippen LogP contribution in [0.2, 0.25) is 5.15 Å². The molecule has 0 spiro atoms. The molecule has 0 radical (unpaired) electrons. The summed E-state index contributed by atoms with van der Waals surface area (Å²) in [6.45, 7) is 62.7. The van der Waals surface area contributed by atoms with Gasteiger partial charge < -0.3 is 14.2 Å². The molecule has 116 heavy (non-hydrogen) atoms. The number of pyridine rings is 3. The molecule has 11 aromatic rings. The van der Waals surface area contributed by atoms with E-state index < -0.39 is 0 Å². The summed E-state index contributed by atoms with van der Waals surface area (Å²) < 4.78 is 42.2. The maximum atomic E-state index is 14.3. The van der Waals surface area contributed by atoms with Crippen molar-refractivity contribution in [1.82, 2.24) is 88.6 Å². The van der Waals surface area contributed by atoms with Gasteiger partial charge in [-0.3, -0.25) is 19.5 Å². The Morgan fingerprint density at radius 1 is 0.647 bits per heavy atom. The van der Waals surface area contributed by atoms with E-state index in [1.54, 1.807) is 44.9 Å². The second-order valence-corrected chi connectivity index (χ2v) is 40.2. The molecule has 23 heteroatoms. The van der Waals surface area contributed by atoms with E-state index >= 15 is 0 Å². The number of para-hydroxylation sites is 1. The average Bonchev–Trinajstić information content (AvgIpc) is 1.67. The van der Waals surface area contributed by atoms with Gasteiger partial charge in [0.15, 0.2) is 11.0 Å². The zero-order chi connectivity index (χ0) is 84.9. The number of fused-ring (bicyclic) bond motifs is 6. The number of nitrogens with zero attached hydrogens (tertiary/aromatic N) is 18. The molecular weight excluding hydrogens is 1490 g/mol. The van der Waals surface area contributed by atoms with Crippen molar-refractivity contribution in [3.8, 4) is 17.1 Å². The highest BCUT2D eigenvalue weighted by molar-refractivity contribution is 7.18. The molecule has 2 aromatic carbocycles. The first-order chi connectivity index (χ1) is 54.2. The van der Waals surface area contributed by atoms with Gasteiger partial charge in [0.05, 0.1) is 51.3 Å². The number of likely N-dealkylation sites (N-methyl/N-ethyl adjacent to an activating group) is 1. The molecule has 3 aliphatic heterocycles. The highest BCUT2D eigenvalue weighted by Gasteiger charge is 2.35. The Morgan fingerprint density at radius 2 is 1.34 bits per heavy atom. The van der Waals surface area contributed by atoms with Crippen LogP contribution in [-0.2, 0) is 83.0 Å². The minimum Gasteiger partial charge on any atom is -0.378 e. The largest absolute Gasteiger partial charge is 0.378 e. The maximum absolute atomic E-state index is 14.3. The normalized spacial score (nSPS) is 16.5. The fourth-order valence-electron chi connectivity index (χ4n) is 14.7. The first-order valence-electron chi connectivity index (χ1n) is 41.1. The van der Waals surface area contributed by atoms with E-state index in [1.165, 1.54) is 75.1 Å². The second-order valence-electron chi connectivity index (χ2n) is 38.8. The molecule has 5 aliphatic rings. The molecule has 2 aliphatic carbocycles. The van der Waals surface area contributed by atoms with Gasteiger partial charge in [-0.05, 0) is 133 Å². The van der Waals surface area contributed by atoms with Gasteiger partial charge in [0.1, 0.15) is 46.6 Å². The quantitative estimate of drug-likeness (QED) is 0.120. The summed E-state index contributed by atoms with van der Waals surface area (Å²) in [5, 5.41) is 23.3. The Hall–Kier alpha value is -8.83. The summed E-state index contributed by atoms with van der Waals surface area (Å²) in [7, 11) is 4.23. The van der Waals surface area contributed by atoms with Crippen LogP contribution in [0, 0.1) is 36.8 Å². The summed E-state index contributed by atoms with van der Waals surface area (Å²) in [5.41, 5.74) is 18.9. The van der Waals surface area contributed by atoms with Crippen molar-refractivity contribution in [2.24, 2.45) is 18.4 Å². The van der Waals surface area contributed by atoms with Crippen molar-refractivity contribution < 1.29 is 13.5 Å². The Labute approximate surface area is 697 Å². The Bertz CT molecular complexity index is 5240. The molecule has 2 unspecified atom stereocenters. The lowest BCUT2D eigenvalue weighted by molar-refractivity contribution is 0.0640. The number of halogens is 3. The van der Waals surface area contributed by atoms with Gasteiger partial charge in [-0.1, -0.05) is 213 Å². The van der Waals surface area contributed by atoms with Crippen molar-refractivity contribution in [3.05, 3.63) is 217 Å². The Kier molecular flexibility index (Phi) is 27.9. The first-order valence-corrected chi connectivity index (χ1v) is 42.3. The van der Waals surface area contributed by atoms with Crippen molar-refractivity contribution in [2.45, 2.75) is 263 Å². The third-order valence-corrected chi connectivity index (χ3v) is 23.2. The number of thiazole rings is 1. The lowest BCUT2D eigenvalue weighted by Gasteiger charge is -2.39. The lowest BCUT2D eigenvalue weighted by atomic mass is 9.74. The molecular formula is C93H127ClF2N18OS. The molecule has 19 nitrogen and oxygen atoms in total. The van der Waals surface area contributed by atoms with Crippen LogP contribution in [0.15, 0.2) is 116 Å². The summed E-state index contributed by atoms with van der Waals surface area (Å²) >= 11 is 7.64. The van der Waals surface area contributed by atoms with Gasteiger partial charge in [-0.2, -0.15) is 29.8 Å². The summed E-state index contributed by atoms with van der Waals surface area (Å²) in [6.07, 6.45) is 16.9.